The Balaban J connectivity index is 1.61. The highest BCUT2D eigenvalue weighted by molar-refractivity contribution is 5.07. The van der Waals surface area contributed by atoms with Gasteiger partial charge in [-0.3, -0.25) is 0 Å². The van der Waals surface area contributed by atoms with E-state index in [4.69, 9.17) is 0 Å². The van der Waals surface area contributed by atoms with Crippen LogP contribution in [0.2, 0.25) is 0 Å². The van der Waals surface area contributed by atoms with E-state index in [9.17, 15) is 0 Å². The van der Waals surface area contributed by atoms with Crippen molar-refractivity contribution in [3.8, 4) is 0 Å². The minimum atomic E-state index is 0.275. The molecular weight excluding hydrogens is 340 g/mol. The van der Waals surface area contributed by atoms with Crippen molar-refractivity contribution in [2.24, 2.45) is 0 Å². The van der Waals surface area contributed by atoms with Gasteiger partial charge in [-0.2, -0.15) is 20.1 Å². The van der Waals surface area contributed by atoms with Gasteiger partial charge in [-0.05, 0) is 33.6 Å². The summed E-state index contributed by atoms with van der Waals surface area (Å²) in [7, 11) is 0. The molecule has 0 aliphatic carbocycles. The lowest BCUT2D eigenvalue weighted by atomic mass is 10.1. The number of aromatic nitrogens is 8. The Labute approximate surface area is 160 Å². The van der Waals surface area contributed by atoms with Crippen LogP contribution in [0.4, 0.5) is 0 Å². The summed E-state index contributed by atoms with van der Waals surface area (Å²) in [5.74, 6) is 2.57. The first-order valence-electron chi connectivity index (χ1n) is 9.73. The van der Waals surface area contributed by atoms with Crippen molar-refractivity contribution in [3.05, 3.63) is 42.3 Å². The lowest BCUT2D eigenvalue weighted by Crippen LogP contribution is -2.17. The van der Waals surface area contributed by atoms with Crippen molar-refractivity contribution in [2.75, 3.05) is 0 Å². The fraction of sp³-hybridized carbons (Fsp3) is 0.632. The van der Waals surface area contributed by atoms with E-state index in [0.29, 0.717) is 5.92 Å². The number of rotatable bonds is 9. The molecule has 27 heavy (non-hydrogen) atoms. The largest absolute Gasteiger partial charge is 0.332 e. The van der Waals surface area contributed by atoms with Crippen molar-refractivity contribution < 1.29 is 0 Å². The number of imidazole rings is 1. The van der Waals surface area contributed by atoms with Gasteiger partial charge in [-0.1, -0.05) is 13.8 Å². The highest BCUT2D eigenvalue weighted by Crippen LogP contribution is 2.20. The molecule has 3 aromatic rings. The number of hydrogen-bond donors (Lipinski definition) is 0. The first-order valence-corrected chi connectivity index (χ1v) is 9.73. The normalized spacial score (nSPS) is 14.0. The van der Waals surface area contributed by atoms with Gasteiger partial charge < -0.3 is 4.57 Å². The predicted molar refractivity (Wildman–Crippen MR) is 103 cm³/mol. The Kier molecular flexibility index (Phi) is 6.03. The summed E-state index contributed by atoms with van der Waals surface area (Å²) < 4.78 is 4.35. The zero-order chi connectivity index (χ0) is 19.4. The quantitative estimate of drug-likeness (QED) is 0.577. The van der Waals surface area contributed by atoms with Gasteiger partial charge in [0, 0.05) is 30.8 Å². The second-order valence-electron chi connectivity index (χ2n) is 7.56. The molecular formula is C19H30N8. The molecule has 0 spiro atoms. The molecule has 2 unspecified atom stereocenters. The Morgan fingerprint density at radius 1 is 0.926 bits per heavy atom. The first kappa shape index (κ1) is 19.3. The molecule has 146 valence electrons. The van der Waals surface area contributed by atoms with Gasteiger partial charge in [0.25, 0.3) is 0 Å². The molecule has 0 aliphatic heterocycles. The molecule has 0 radical (unpaired) electrons. The molecule has 0 saturated heterocycles. The molecule has 0 N–H and O–H groups in total. The maximum absolute atomic E-state index is 4.55. The van der Waals surface area contributed by atoms with E-state index in [-0.39, 0.29) is 12.1 Å². The van der Waals surface area contributed by atoms with E-state index in [1.165, 1.54) is 5.69 Å². The fourth-order valence-electron chi connectivity index (χ4n) is 3.44. The maximum atomic E-state index is 4.55. The maximum Gasteiger partial charge on any atom is 0.138 e. The highest BCUT2D eigenvalue weighted by Gasteiger charge is 2.16. The van der Waals surface area contributed by atoms with Gasteiger partial charge in [0.2, 0.25) is 0 Å². The third-order valence-corrected chi connectivity index (χ3v) is 5.06. The van der Waals surface area contributed by atoms with Crippen LogP contribution in [-0.4, -0.2) is 39.3 Å². The molecule has 0 amide bonds. The van der Waals surface area contributed by atoms with E-state index in [1.807, 2.05) is 6.20 Å². The van der Waals surface area contributed by atoms with Gasteiger partial charge in [-0.15, -0.1) is 0 Å². The molecule has 2 atom stereocenters. The average Bonchev–Trinajstić information content (AvgIpc) is 3.38. The zero-order valence-corrected chi connectivity index (χ0v) is 16.9. The summed E-state index contributed by atoms with van der Waals surface area (Å²) in [6.45, 7) is 11.7. The van der Waals surface area contributed by atoms with Gasteiger partial charge >= 0.3 is 0 Å². The van der Waals surface area contributed by atoms with Gasteiger partial charge in [0.05, 0.1) is 24.5 Å². The third kappa shape index (κ3) is 4.43. The molecule has 8 nitrogen and oxygen atoms in total. The summed E-state index contributed by atoms with van der Waals surface area (Å²) in [5.41, 5.74) is 1.19. The standard InChI is InChI=1S/C19H30N8/c1-14(2)19-20-12-17(5)25(19)11-8-18-21-13-24-26(18)15(3)6-7-16(4)27-22-9-10-23-27/h9-10,12-16H,6-8,11H2,1-5H3. The number of hydrogen-bond acceptors (Lipinski definition) is 5. The fourth-order valence-corrected chi connectivity index (χ4v) is 3.44. The Hall–Kier alpha value is -2.51. The van der Waals surface area contributed by atoms with Crippen LogP contribution in [0, 0.1) is 6.92 Å². The summed E-state index contributed by atoms with van der Waals surface area (Å²) in [5, 5.41) is 12.9. The van der Waals surface area contributed by atoms with Gasteiger partial charge in [-0.25, -0.2) is 14.6 Å². The van der Waals surface area contributed by atoms with Crippen LogP contribution in [0.5, 0.6) is 0 Å². The molecule has 0 aromatic carbocycles. The summed E-state index contributed by atoms with van der Waals surface area (Å²) in [4.78, 5) is 10.8. The third-order valence-electron chi connectivity index (χ3n) is 5.06. The molecule has 3 rings (SSSR count). The molecule has 0 saturated carbocycles. The van der Waals surface area contributed by atoms with Crippen LogP contribution in [0.1, 0.15) is 75.9 Å². The second-order valence-corrected chi connectivity index (χ2v) is 7.56. The van der Waals surface area contributed by atoms with Crippen molar-refractivity contribution in [1.29, 1.82) is 0 Å². The minimum absolute atomic E-state index is 0.275. The molecule has 3 aromatic heterocycles. The second kappa shape index (κ2) is 8.45. The van der Waals surface area contributed by atoms with Crippen molar-refractivity contribution in [2.45, 2.75) is 78.4 Å². The summed E-state index contributed by atoms with van der Waals surface area (Å²) >= 11 is 0. The van der Waals surface area contributed by atoms with Crippen LogP contribution < -0.4 is 0 Å². The van der Waals surface area contributed by atoms with Crippen LogP contribution in [0.15, 0.2) is 24.9 Å². The molecule has 0 fully saturated rings. The Morgan fingerprint density at radius 2 is 1.63 bits per heavy atom. The summed E-state index contributed by atoms with van der Waals surface area (Å²) in [6, 6.07) is 0.561. The Bertz CT molecular complexity index is 830. The smallest absolute Gasteiger partial charge is 0.138 e. The monoisotopic (exact) mass is 370 g/mol. The zero-order valence-electron chi connectivity index (χ0n) is 16.9. The van der Waals surface area contributed by atoms with E-state index in [0.717, 1.165) is 37.5 Å². The van der Waals surface area contributed by atoms with E-state index < -0.39 is 0 Å². The van der Waals surface area contributed by atoms with Crippen molar-refractivity contribution in [3.63, 3.8) is 0 Å². The molecule has 0 bridgehead atoms. The number of nitrogens with zero attached hydrogens (tertiary/aromatic N) is 8. The molecule has 3 heterocycles. The topological polar surface area (TPSA) is 79.2 Å². The van der Waals surface area contributed by atoms with Crippen molar-refractivity contribution in [1.82, 2.24) is 39.3 Å². The van der Waals surface area contributed by atoms with Crippen LogP contribution in [-0.2, 0) is 13.0 Å². The van der Waals surface area contributed by atoms with E-state index >= 15 is 0 Å². The van der Waals surface area contributed by atoms with Gasteiger partial charge in [0.15, 0.2) is 0 Å². The summed E-state index contributed by atoms with van der Waals surface area (Å²) in [6.07, 6.45) is 9.89. The predicted octanol–water partition coefficient (Wildman–Crippen LogP) is 3.34. The lowest BCUT2D eigenvalue weighted by molar-refractivity contribution is 0.348. The van der Waals surface area contributed by atoms with Crippen LogP contribution >= 0.6 is 0 Å². The van der Waals surface area contributed by atoms with Crippen molar-refractivity contribution >= 4 is 0 Å². The minimum Gasteiger partial charge on any atom is -0.332 e. The average molecular weight is 371 g/mol. The van der Waals surface area contributed by atoms with Gasteiger partial charge in [0.1, 0.15) is 18.0 Å². The molecule has 8 heteroatoms. The van der Waals surface area contributed by atoms with Crippen LogP contribution in [0.3, 0.4) is 0 Å². The first-order chi connectivity index (χ1) is 13.0. The molecule has 0 aliphatic rings. The van der Waals surface area contributed by atoms with E-state index in [1.54, 1.807) is 23.5 Å². The number of aryl methyl sites for hydroxylation is 2. The highest BCUT2D eigenvalue weighted by atomic mass is 15.5. The Morgan fingerprint density at radius 3 is 2.33 bits per heavy atom. The van der Waals surface area contributed by atoms with E-state index in [2.05, 4.69) is 69.1 Å². The SMILES string of the molecule is Cc1cnc(C(C)C)n1CCc1ncnn1C(C)CCC(C)n1nccn1. The lowest BCUT2D eigenvalue weighted by Gasteiger charge is -2.18. The van der Waals surface area contributed by atoms with Crippen LogP contribution in [0.25, 0.3) is 0 Å².